The van der Waals surface area contributed by atoms with Gasteiger partial charge in [-0.15, -0.1) is 0 Å². The van der Waals surface area contributed by atoms with Crippen LogP contribution >= 0.6 is 0 Å². The van der Waals surface area contributed by atoms with E-state index >= 15 is 0 Å². The van der Waals surface area contributed by atoms with Crippen LogP contribution in [0, 0.1) is 5.82 Å². The molecule has 1 aliphatic heterocycles. The van der Waals surface area contributed by atoms with Crippen molar-refractivity contribution in [1.29, 1.82) is 0 Å². The summed E-state index contributed by atoms with van der Waals surface area (Å²) in [7, 11) is -7.96. The average molecular weight is 481 g/mol. The minimum absolute atomic E-state index is 0.0227. The van der Waals surface area contributed by atoms with E-state index in [1.165, 1.54) is 6.92 Å². The molecule has 12 heteroatoms. The molecule has 6 nitrogen and oxygen atoms in total. The van der Waals surface area contributed by atoms with Gasteiger partial charge in [-0.1, -0.05) is 6.07 Å². The largest absolute Gasteiger partial charge is 0.416 e. The molecule has 0 aliphatic carbocycles. The van der Waals surface area contributed by atoms with Gasteiger partial charge in [-0.2, -0.15) is 13.2 Å². The average Bonchev–Trinajstić information content (AvgIpc) is 2.66. The molecule has 1 saturated heterocycles. The highest BCUT2D eigenvalue weighted by Crippen LogP contribution is 2.43. The monoisotopic (exact) mass is 481 g/mol. The molecule has 31 heavy (non-hydrogen) atoms. The third-order valence-electron chi connectivity index (χ3n) is 5.27. The standard InChI is InChI=1S/C19H19F4NO5S2/c1-18(31(27,28)13-5-3-4-12(8-13)19(21,22)23)6-7-29-16(10-18)17-15(20)9-14(11-24-17)30(2,25)26/h3-5,8-9,11,16H,6-7,10H2,1-2H3. The fourth-order valence-electron chi connectivity index (χ4n) is 3.38. The molecule has 0 N–H and O–H groups in total. The van der Waals surface area contributed by atoms with Crippen LogP contribution in [0.4, 0.5) is 17.6 Å². The number of hydrogen-bond acceptors (Lipinski definition) is 6. The van der Waals surface area contributed by atoms with Crippen molar-refractivity contribution >= 4 is 19.7 Å². The first-order chi connectivity index (χ1) is 14.1. The molecule has 1 aromatic carbocycles. The maximum absolute atomic E-state index is 14.5. The van der Waals surface area contributed by atoms with Crippen LogP contribution < -0.4 is 0 Å². The predicted octanol–water partition coefficient (Wildman–Crippen LogP) is 3.73. The van der Waals surface area contributed by atoms with Crippen LogP contribution in [-0.4, -0.2) is 39.4 Å². The van der Waals surface area contributed by atoms with Crippen molar-refractivity contribution in [3.05, 3.63) is 53.6 Å². The van der Waals surface area contributed by atoms with Crippen molar-refractivity contribution in [3.8, 4) is 0 Å². The van der Waals surface area contributed by atoms with E-state index in [1.54, 1.807) is 0 Å². The van der Waals surface area contributed by atoms with Crippen LogP contribution in [0.25, 0.3) is 0 Å². The summed E-state index contributed by atoms with van der Waals surface area (Å²) in [6.07, 6.45) is -4.28. The van der Waals surface area contributed by atoms with Gasteiger partial charge in [0.05, 0.1) is 20.1 Å². The Kier molecular flexibility index (Phi) is 5.96. The number of alkyl halides is 3. The number of aromatic nitrogens is 1. The van der Waals surface area contributed by atoms with E-state index in [2.05, 4.69) is 4.98 Å². The molecule has 1 aromatic heterocycles. The minimum atomic E-state index is -4.71. The number of nitrogens with zero attached hydrogens (tertiary/aromatic N) is 1. The van der Waals surface area contributed by atoms with Crippen LogP contribution in [0.15, 0.2) is 46.3 Å². The van der Waals surface area contributed by atoms with Gasteiger partial charge in [0.15, 0.2) is 19.7 Å². The molecule has 0 bridgehead atoms. The molecule has 1 aliphatic rings. The number of halogens is 4. The van der Waals surface area contributed by atoms with Gasteiger partial charge in [0.1, 0.15) is 17.6 Å². The summed E-state index contributed by atoms with van der Waals surface area (Å²) in [5, 5.41) is 0. The summed E-state index contributed by atoms with van der Waals surface area (Å²) in [4.78, 5) is 2.97. The Morgan fingerprint density at radius 2 is 1.81 bits per heavy atom. The summed E-state index contributed by atoms with van der Waals surface area (Å²) < 4.78 is 107. The minimum Gasteiger partial charge on any atom is -0.372 e. The fourth-order valence-corrected chi connectivity index (χ4v) is 5.78. The predicted molar refractivity (Wildman–Crippen MR) is 102 cm³/mol. The van der Waals surface area contributed by atoms with Gasteiger partial charge < -0.3 is 4.74 Å². The maximum atomic E-state index is 14.5. The van der Waals surface area contributed by atoms with Gasteiger partial charge in [0, 0.05) is 19.1 Å². The Morgan fingerprint density at radius 1 is 1.13 bits per heavy atom. The zero-order valence-electron chi connectivity index (χ0n) is 16.5. The number of rotatable bonds is 4. The number of ether oxygens (including phenoxy) is 1. The molecule has 2 heterocycles. The Bertz CT molecular complexity index is 1210. The number of pyridine rings is 1. The summed E-state index contributed by atoms with van der Waals surface area (Å²) >= 11 is 0. The maximum Gasteiger partial charge on any atom is 0.416 e. The second-order valence-electron chi connectivity index (χ2n) is 7.60. The second-order valence-corrected chi connectivity index (χ2v) is 12.1. The van der Waals surface area contributed by atoms with Crippen LogP contribution in [0.5, 0.6) is 0 Å². The van der Waals surface area contributed by atoms with E-state index in [1.807, 2.05) is 0 Å². The Morgan fingerprint density at radius 3 is 2.39 bits per heavy atom. The van der Waals surface area contributed by atoms with Gasteiger partial charge >= 0.3 is 6.18 Å². The smallest absolute Gasteiger partial charge is 0.372 e. The molecule has 0 radical (unpaired) electrons. The summed E-state index contributed by atoms with van der Waals surface area (Å²) in [5.41, 5.74) is -1.36. The first kappa shape index (κ1) is 23.6. The molecule has 0 spiro atoms. The van der Waals surface area contributed by atoms with Gasteiger partial charge in [-0.05, 0) is 44.0 Å². The van der Waals surface area contributed by atoms with Crippen molar-refractivity contribution in [3.63, 3.8) is 0 Å². The lowest BCUT2D eigenvalue weighted by atomic mass is 9.94. The van der Waals surface area contributed by atoms with E-state index in [9.17, 15) is 34.4 Å². The lowest BCUT2D eigenvalue weighted by Crippen LogP contribution is -2.42. The molecule has 170 valence electrons. The third-order valence-corrected chi connectivity index (χ3v) is 8.89. The summed E-state index contributed by atoms with van der Waals surface area (Å²) in [6, 6.07) is 4.22. The first-order valence-corrected chi connectivity index (χ1v) is 12.4. The van der Waals surface area contributed by atoms with Crippen LogP contribution in [0.3, 0.4) is 0 Å². The molecule has 2 atom stereocenters. The molecule has 1 fully saturated rings. The van der Waals surface area contributed by atoms with Gasteiger partial charge in [0.25, 0.3) is 0 Å². The Labute approximate surface area is 177 Å². The zero-order valence-corrected chi connectivity index (χ0v) is 18.1. The van der Waals surface area contributed by atoms with E-state index < -0.39 is 53.0 Å². The van der Waals surface area contributed by atoms with Crippen molar-refractivity contribution in [1.82, 2.24) is 4.98 Å². The molecule has 0 amide bonds. The van der Waals surface area contributed by atoms with Gasteiger partial charge in [-0.25, -0.2) is 21.2 Å². The normalized spacial score (nSPS) is 23.0. The molecular weight excluding hydrogens is 462 g/mol. The molecule has 2 unspecified atom stereocenters. The SMILES string of the molecule is CC1(S(=O)(=O)c2cccc(C(F)(F)F)c2)CCOC(c2ncc(S(C)(=O)=O)cc2F)C1. The van der Waals surface area contributed by atoms with E-state index in [0.717, 1.165) is 36.7 Å². The van der Waals surface area contributed by atoms with Crippen molar-refractivity contribution < 1.29 is 39.1 Å². The summed E-state index contributed by atoms with van der Waals surface area (Å²) in [6.45, 7) is 1.26. The third kappa shape index (κ3) is 4.60. The number of benzene rings is 1. The zero-order chi connectivity index (χ0) is 23.2. The molecular formula is C19H19F4NO5S2. The van der Waals surface area contributed by atoms with Crippen molar-refractivity contribution in [2.75, 3.05) is 12.9 Å². The van der Waals surface area contributed by atoms with E-state index in [4.69, 9.17) is 4.74 Å². The van der Waals surface area contributed by atoms with Crippen molar-refractivity contribution in [2.45, 2.75) is 46.6 Å². The number of sulfone groups is 2. The topological polar surface area (TPSA) is 90.4 Å². The second kappa shape index (κ2) is 7.82. The van der Waals surface area contributed by atoms with Gasteiger partial charge in [-0.3, -0.25) is 4.98 Å². The molecule has 0 saturated carbocycles. The van der Waals surface area contributed by atoms with Crippen LogP contribution in [0.1, 0.15) is 37.1 Å². The lowest BCUT2D eigenvalue weighted by Gasteiger charge is -2.37. The summed E-state index contributed by atoms with van der Waals surface area (Å²) in [5.74, 6) is -0.978. The van der Waals surface area contributed by atoms with Crippen LogP contribution in [-0.2, 0) is 30.6 Å². The fraction of sp³-hybridized carbons (Fsp3) is 0.421. The van der Waals surface area contributed by atoms with Crippen LogP contribution in [0.2, 0.25) is 0 Å². The van der Waals surface area contributed by atoms with Crippen molar-refractivity contribution in [2.24, 2.45) is 0 Å². The quantitative estimate of drug-likeness (QED) is 0.619. The number of hydrogen-bond donors (Lipinski definition) is 0. The first-order valence-electron chi connectivity index (χ1n) is 9.04. The van der Waals surface area contributed by atoms with E-state index in [0.29, 0.717) is 6.07 Å². The highest BCUT2D eigenvalue weighted by atomic mass is 32.2. The Balaban J connectivity index is 1.97. The lowest BCUT2D eigenvalue weighted by molar-refractivity contribution is -0.137. The Hall–Kier alpha value is -2.05. The van der Waals surface area contributed by atoms with Gasteiger partial charge in [0.2, 0.25) is 0 Å². The molecule has 3 rings (SSSR count). The highest BCUT2D eigenvalue weighted by molar-refractivity contribution is 7.92. The molecule has 2 aromatic rings. The van der Waals surface area contributed by atoms with E-state index in [-0.39, 0.29) is 30.0 Å². The highest BCUT2D eigenvalue weighted by Gasteiger charge is 2.46.